The highest BCUT2D eigenvalue weighted by Gasteiger charge is 2.23. The van der Waals surface area contributed by atoms with Gasteiger partial charge in [0.2, 0.25) is 0 Å². The lowest BCUT2D eigenvalue weighted by Crippen LogP contribution is -2.10. The van der Waals surface area contributed by atoms with Crippen LogP contribution in [0.2, 0.25) is 0 Å². The fraction of sp³-hybridized carbons (Fsp3) is 0. The maximum absolute atomic E-state index is 6.60. The SMILES string of the molecule is c1ccc(-c2cc(-c3ccc(N(c4cccc5c4oc4ccccc45)c4cccc5c4oc4ccccc45)cc3)c3ccccc3c2)cc1. The molecule has 0 fully saturated rings. The number of fused-ring (bicyclic) bond motifs is 7. The summed E-state index contributed by atoms with van der Waals surface area (Å²) in [5, 5.41) is 6.80. The quantitative estimate of drug-likeness (QED) is 0.190. The Morgan fingerprint density at radius 2 is 0.878 bits per heavy atom. The van der Waals surface area contributed by atoms with Gasteiger partial charge < -0.3 is 13.7 Å². The molecule has 0 unspecified atom stereocenters. The molecule has 2 aromatic heterocycles. The van der Waals surface area contributed by atoms with Crippen LogP contribution in [0.3, 0.4) is 0 Å². The van der Waals surface area contributed by atoms with Crippen molar-refractivity contribution in [3.8, 4) is 22.3 Å². The summed E-state index contributed by atoms with van der Waals surface area (Å²) >= 11 is 0. The van der Waals surface area contributed by atoms with Crippen LogP contribution in [0.25, 0.3) is 76.9 Å². The van der Waals surface area contributed by atoms with Crippen LogP contribution in [-0.4, -0.2) is 0 Å². The van der Waals surface area contributed by atoms with Gasteiger partial charge >= 0.3 is 0 Å². The first-order valence-corrected chi connectivity index (χ1v) is 16.6. The van der Waals surface area contributed by atoms with E-state index in [0.29, 0.717) is 0 Å². The molecule has 10 rings (SSSR count). The van der Waals surface area contributed by atoms with Gasteiger partial charge in [0.25, 0.3) is 0 Å². The fourth-order valence-electron chi connectivity index (χ4n) is 7.36. The topological polar surface area (TPSA) is 29.5 Å². The first-order chi connectivity index (χ1) is 24.3. The number of benzene rings is 8. The molecular weight excluding hydrogens is 599 g/mol. The van der Waals surface area contributed by atoms with Gasteiger partial charge in [0, 0.05) is 27.2 Å². The molecule has 0 aliphatic carbocycles. The smallest absolute Gasteiger partial charge is 0.159 e. The Kier molecular flexibility index (Phi) is 6.18. The molecule has 49 heavy (non-hydrogen) atoms. The Balaban J connectivity index is 1.19. The zero-order chi connectivity index (χ0) is 32.3. The number of anilines is 3. The highest BCUT2D eigenvalue weighted by molar-refractivity contribution is 6.14. The van der Waals surface area contributed by atoms with E-state index in [1.807, 2.05) is 24.3 Å². The van der Waals surface area contributed by atoms with Gasteiger partial charge in [-0.05, 0) is 81.6 Å². The highest BCUT2D eigenvalue weighted by Crippen LogP contribution is 2.46. The first-order valence-electron chi connectivity index (χ1n) is 16.6. The average Bonchev–Trinajstić information content (AvgIpc) is 3.75. The largest absolute Gasteiger partial charge is 0.454 e. The van der Waals surface area contributed by atoms with E-state index in [0.717, 1.165) is 66.5 Å². The average molecular weight is 628 g/mol. The van der Waals surface area contributed by atoms with Crippen LogP contribution < -0.4 is 4.90 Å². The molecule has 10 aromatic rings. The third kappa shape index (κ3) is 4.44. The molecule has 0 saturated carbocycles. The van der Waals surface area contributed by atoms with Gasteiger partial charge in [0.05, 0.1) is 11.4 Å². The highest BCUT2D eigenvalue weighted by atomic mass is 16.3. The number of para-hydroxylation sites is 4. The predicted molar refractivity (Wildman–Crippen MR) is 204 cm³/mol. The van der Waals surface area contributed by atoms with Gasteiger partial charge in [-0.25, -0.2) is 0 Å². The van der Waals surface area contributed by atoms with E-state index >= 15 is 0 Å². The van der Waals surface area contributed by atoms with Crippen LogP contribution in [-0.2, 0) is 0 Å². The summed E-state index contributed by atoms with van der Waals surface area (Å²) in [7, 11) is 0. The van der Waals surface area contributed by atoms with Crippen molar-refractivity contribution in [2.24, 2.45) is 0 Å². The standard InChI is InChI=1S/C46H29NO2/c1-2-12-30(13-3-1)33-28-32-14-4-5-15-35(32)40(29-33)31-24-26-34(27-25-31)47(41-20-10-18-38-36-16-6-8-22-43(36)48-45(38)41)42-21-11-19-39-37-17-7-9-23-44(37)49-46(39)42/h1-29H. The third-order valence-corrected chi connectivity index (χ3v) is 9.65. The van der Waals surface area contributed by atoms with Crippen molar-refractivity contribution in [3.05, 3.63) is 176 Å². The summed E-state index contributed by atoms with van der Waals surface area (Å²) in [4.78, 5) is 2.28. The zero-order valence-electron chi connectivity index (χ0n) is 26.5. The van der Waals surface area contributed by atoms with Crippen molar-refractivity contribution in [1.29, 1.82) is 0 Å². The van der Waals surface area contributed by atoms with Crippen molar-refractivity contribution in [2.45, 2.75) is 0 Å². The molecule has 3 nitrogen and oxygen atoms in total. The van der Waals surface area contributed by atoms with Crippen LogP contribution >= 0.6 is 0 Å². The van der Waals surface area contributed by atoms with Crippen LogP contribution in [0.4, 0.5) is 17.1 Å². The van der Waals surface area contributed by atoms with E-state index in [2.05, 4.69) is 157 Å². The van der Waals surface area contributed by atoms with Crippen LogP contribution in [0, 0.1) is 0 Å². The Bertz CT molecular complexity index is 2710. The van der Waals surface area contributed by atoms with E-state index in [1.165, 1.54) is 27.5 Å². The van der Waals surface area contributed by atoms with E-state index < -0.39 is 0 Å². The van der Waals surface area contributed by atoms with Gasteiger partial charge in [-0.3, -0.25) is 0 Å². The third-order valence-electron chi connectivity index (χ3n) is 9.65. The summed E-state index contributed by atoms with van der Waals surface area (Å²) in [6.07, 6.45) is 0. The van der Waals surface area contributed by atoms with Crippen molar-refractivity contribution in [2.75, 3.05) is 4.90 Å². The number of hydrogen-bond acceptors (Lipinski definition) is 3. The molecule has 0 saturated heterocycles. The molecule has 3 heteroatoms. The number of furan rings is 2. The van der Waals surface area contributed by atoms with Gasteiger partial charge in [-0.2, -0.15) is 0 Å². The minimum atomic E-state index is 0.836. The Hall–Kier alpha value is -6.58. The van der Waals surface area contributed by atoms with Gasteiger partial charge in [-0.1, -0.05) is 127 Å². The van der Waals surface area contributed by atoms with Crippen LogP contribution in [0.1, 0.15) is 0 Å². The molecule has 0 bridgehead atoms. The molecule has 2 heterocycles. The lowest BCUT2D eigenvalue weighted by atomic mass is 9.93. The minimum absolute atomic E-state index is 0.836. The molecule has 0 aliphatic rings. The molecule has 0 N–H and O–H groups in total. The molecular formula is C46H29NO2. The van der Waals surface area contributed by atoms with Crippen molar-refractivity contribution < 1.29 is 8.83 Å². The van der Waals surface area contributed by atoms with E-state index in [1.54, 1.807) is 0 Å². The Morgan fingerprint density at radius 3 is 1.51 bits per heavy atom. The zero-order valence-corrected chi connectivity index (χ0v) is 26.5. The normalized spacial score (nSPS) is 11.7. The van der Waals surface area contributed by atoms with Crippen LogP contribution in [0.5, 0.6) is 0 Å². The molecule has 8 aromatic carbocycles. The lowest BCUT2D eigenvalue weighted by molar-refractivity contribution is 0.666. The lowest BCUT2D eigenvalue weighted by Gasteiger charge is -2.26. The number of hydrogen-bond donors (Lipinski definition) is 0. The maximum atomic E-state index is 6.60. The molecule has 0 amide bonds. The Labute approximate surface area is 282 Å². The molecule has 230 valence electrons. The second kappa shape index (κ2) is 11.0. The second-order valence-electron chi connectivity index (χ2n) is 12.5. The summed E-state index contributed by atoms with van der Waals surface area (Å²) in [6.45, 7) is 0. The minimum Gasteiger partial charge on any atom is -0.454 e. The first kappa shape index (κ1) is 27.5. The van der Waals surface area contributed by atoms with Gasteiger partial charge in [-0.15, -0.1) is 0 Å². The summed E-state index contributed by atoms with van der Waals surface area (Å²) in [5.41, 5.74) is 11.1. The van der Waals surface area contributed by atoms with E-state index in [-0.39, 0.29) is 0 Å². The van der Waals surface area contributed by atoms with Crippen molar-refractivity contribution >= 4 is 71.7 Å². The van der Waals surface area contributed by atoms with E-state index in [9.17, 15) is 0 Å². The van der Waals surface area contributed by atoms with Gasteiger partial charge in [0.15, 0.2) is 11.2 Å². The van der Waals surface area contributed by atoms with Gasteiger partial charge in [0.1, 0.15) is 11.2 Å². The summed E-state index contributed by atoms with van der Waals surface area (Å²) < 4.78 is 13.2. The maximum Gasteiger partial charge on any atom is 0.159 e. The van der Waals surface area contributed by atoms with Crippen molar-refractivity contribution in [1.82, 2.24) is 0 Å². The van der Waals surface area contributed by atoms with Crippen molar-refractivity contribution in [3.63, 3.8) is 0 Å². The monoisotopic (exact) mass is 627 g/mol. The Morgan fingerprint density at radius 1 is 0.347 bits per heavy atom. The number of rotatable bonds is 5. The molecule has 0 aliphatic heterocycles. The molecule has 0 atom stereocenters. The molecule has 0 radical (unpaired) electrons. The second-order valence-corrected chi connectivity index (χ2v) is 12.5. The van der Waals surface area contributed by atoms with E-state index in [4.69, 9.17) is 8.83 Å². The summed E-state index contributed by atoms with van der Waals surface area (Å²) in [6, 6.07) is 62.0. The number of nitrogens with zero attached hydrogens (tertiary/aromatic N) is 1. The summed E-state index contributed by atoms with van der Waals surface area (Å²) in [5.74, 6) is 0. The molecule has 0 spiro atoms. The van der Waals surface area contributed by atoms with Crippen LogP contribution in [0.15, 0.2) is 185 Å². The fourth-order valence-corrected chi connectivity index (χ4v) is 7.36. The predicted octanol–water partition coefficient (Wildman–Crippen LogP) is 13.4.